The molecule has 1 aliphatic carbocycles. The van der Waals surface area contributed by atoms with E-state index >= 15 is 0 Å². The molecule has 0 saturated heterocycles. The molecule has 1 saturated carbocycles. The molecule has 106 valence electrons. The quantitative estimate of drug-likeness (QED) is 0.906. The van der Waals surface area contributed by atoms with E-state index in [9.17, 15) is 0 Å². The Morgan fingerprint density at radius 3 is 2.74 bits per heavy atom. The van der Waals surface area contributed by atoms with Crippen LogP contribution in [0.4, 0.5) is 0 Å². The number of hydrogen-bond donors (Lipinski definition) is 1. The van der Waals surface area contributed by atoms with Crippen molar-refractivity contribution in [3.8, 4) is 0 Å². The predicted octanol–water partition coefficient (Wildman–Crippen LogP) is 4.04. The van der Waals surface area contributed by atoms with Crippen molar-refractivity contribution < 1.29 is 4.74 Å². The highest BCUT2D eigenvalue weighted by Gasteiger charge is 2.42. The van der Waals surface area contributed by atoms with Crippen LogP contribution >= 0.6 is 23.2 Å². The Bertz CT molecular complexity index is 434. The van der Waals surface area contributed by atoms with Crippen molar-refractivity contribution in [3.05, 3.63) is 33.8 Å². The van der Waals surface area contributed by atoms with Crippen LogP contribution in [0.1, 0.15) is 31.2 Å². The molecule has 4 heteroatoms. The zero-order valence-electron chi connectivity index (χ0n) is 11.5. The Hall–Kier alpha value is -0.280. The number of methoxy groups -OCH3 is 1. The third-order valence-electron chi connectivity index (χ3n) is 4.23. The van der Waals surface area contributed by atoms with Crippen LogP contribution in [-0.4, -0.2) is 26.8 Å². The summed E-state index contributed by atoms with van der Waals surface area (Å²) < 4.78 is 5.77. The van der Waals surface area contributed by atoms with E-state index in [0.717, 1.165) is 19.4 Å². The Labute approximate surface area is 125 Å². The third kappa shape index (κ3) is 2.92. The van der Waals surface area contributed by atoms with Crippen LogP contribution in [-0.2, 0) is 10.2 Å². The van der Waals surface area contributed by atoms with E-state index < -0.39 is 0 Å². The molecule has 1 fully saturated rings. The van der Waals surface area contributed by atoms with E-state index in [1.54, 1.807) is 7.11 Å². The molecule has 0 amide bonds. The first kappa shape index (κ1) is 15.1. The van der Waals surface area contributed by atoms with Gasteiger partial charge in [-0.15, -0.1) is 0 Å². The van der Waals surface area contributed by atoms with Crippen molar-refractivity contribution in [1.82, 2.24) is 5.32 Å². The average Bonchev–Trinajstić information content (AvgIpc) is 2.42. The minimum Gasteiger partial charge on any atom is -0.380 e. The molecule has 0 heterocycles. The lowest BCUT2D eigenvalue weighted by Crippen LogP contribution is -2.49. The maximum atomic E-state index is 6.19. The number of nitrogens with one attached hydrogen (secondary N) is 1. The molecule has 19 heavy (non-hydrogen) atoms. The Morgan fingerprint density at radius 1 is 1.32 bits per heavy atom. The van der Waals surface area contributed by atoms with Gasteiger partial charge >= 0.3 is 0 Å². The fourth-order valence-electron chi connectivity index (χ4n) is 3.31. The Balaban J connectivity index is 2.44. The molecule has 0 spiro atoms. The summed E-state index contributed by atoms with van der Waals surface area (Å²) in [5.74, 6) is 0. The van der Waals surface area contributed by atoms with Crippen molar-refractivity contribution in [3.63, 3.8) is 0 Å². The first-order valence-electron chi connectivity index (χ1n) is 6.77. The van der Waals surface area contributed by atoms with Gasteiger partial charge in [-0.2, -0.15) is 0 Å². The second kappa shape index (κ2) is 6.45. The lowest BCUT2D eigenvalue weighted by Gasteiger charge is -2.44. The molecule has 1 aromatic carbocycles. The fourth-order valence-corrected chi connectivity index (χ4v) is 3.60. The molecule has 0 radical (unpaired) electrons. The topological polar surface area (TPSA) is 21.3 Å². The van der Waals surface area contributed by atoms with Gasteiger partial charge < -0.3 is 10.1 Å². The summed E-state index contributed by atoms with van der Waals surface area (Å²) in [6, 6.07) is 5.97. The molecule has 2 rings (SSSR count). The zero-order valence-corrected chi connectivity index (χ0v) is 13.0. The van der Waals surface area contributed by atoms with Gasteiger partial charge in [0.2, 0.25) is 0 Å². The Morgan fingerprint density at radius 2 is 2.11 bits per heavy atom. The first-order valence-corrected chi connectivity index (χ1v) is 7.52. The van der Waals surface area contributed by atoms with E-state index in [1.807, 2.05) is 19.2 Å². The van der Waals surface area contributed by atoms with E-state index in [0.29, 0.717) is 10.0 Å². The van der Waals surface area contributed by atoms with Crippen LogP contribution in [0.5, 0.6) is 0 Å². The minimum atomic E-state index is -0.00399. The van der Waals surface area contributed by atoms with Crippen molar-refractivity contribution in [2.75, 3.05) is 20.7 Å². The molecule has 0 aliphatic heterocycles. The van der Waals surface area contributed by atoms with Crippen LogP contribution in [0.2, 0.25) is 10.0 Å². The molecule has 2 unspecified atom stereocenters. The minimum absolute atomic E-state index is 0.00399. The van der Waals surface area contributed by atoms with Gasteiger partial charge in [0.25, 0.3) is 0 Å². The van der Waals surface area contributed by atoms with Crippen molar-refractivity contribution >= 4 is 23.2 Å². The number of rotatable bonds is 4. The number of benzene rings is 1. The number of ether oxygens (including phenoxy) is 1. The normalized spacial score (nSPS) is 27.5. The maximum absolute atomic E-state index is 6.19. The molecule has 1 N–H and O–H groups in total. The third-order valence-corrected chi connectivity index (χ3v) is 4.97. The summed E-state index contributed by atoms with van der Waals surface area (Å²) >= 11 is 12.2. The predicted molar refractivity (Wildman–Crippen MR) is 81.3 cm³/mol. The molecule has 1 aliphatic rings. The summed E-state index contributed by atoms with van der Waals surface area (Å²) in [6.07, 6.45) is 4.89. The van der Waals surface area contributed by atoms with Gasteiger partial charge in [-0.05, 0) is 37.6 Å². The largest absolute Gasteiger partial charge is 0.380 e. The van der Waals surface area contributed by atoms with Gasteiger partial charge in [0.1, 0.15) is 0 Å². The van der Waals surface area contributed by atoms with E-state index in [4.69, 9.17) is 27.9 Å². The fraction of sp³-hybridized carbons (Fsp3) is 0.600. The number of hydrogen-bond acceptors (Lipinski definition) is 2. The SMILES string of the molecule is CNCC1(c2ccc(Cl)c(Cl)c2)CCCCC1OC. The van der Waals surface area contributed by atoms with Crippen molar-refractivity contribution in [1.29, 1.82) is 0 Å². The van der Waals surface area contributed by atoms with Gasteiger partial charge in [-0.1, -0.05) is 42.1 Å². The monoisotopic (exact) mass is 301 g/mol. The van der Waals surface area contributed by atoms with Crippen LogP contribution in [0.3, 0.4) is 0 Å². The van der Waals surface area contributed by atoms with Gasteiger partial charge in [0, 0.05) is 19.1 Å². The Kier molecular flexibility index (Phi) is 5.13. The first-order chi connectivity index (χ1) is 9.14. The highest BCUT2D eigenvalue weighted by atomic mass is 35.5. The lowest BCUT2D eigenvalue weighted by molar-refractivity contribution is 0.00211. The van der Waals surface area contributed by atoms with Crippen LogP contribution in [0.15, 0.2) is 18.2 Å². The highest BCUT2D eigenvalue weighted by molar-refractivity contribution is 6.42. The van der Waals surface area contributed by atoms with Gasteiger partial charge in [0.05, 0.1) is 16.1 Å². The van der Waals surface area contributed by atoms with Crippen LogP contribution < -0.4 is 5.32 Å². The number of likely N-dealkylation sites (N-methyl/N-ethyl adjacent to an activating group) is 1. The molecule has 2 nitrogen and oxygen atoms in total. The van der Waals surface area contributed by atoms with Gasteiger partial charge in [-0.3, -0.25) is 0 Å². The van der Waals surface area contributed by atoms with E-state index in [1.165, 1.54) is 18.4 Å². The maximum Gasteiger partial charge on any atom is 0.0680 e. The summed E-state index contributed by atoms with van der Waals surface area (Å²) in [7, 11) is 3.79. The van der Waals surface area contributed by atoms with Crippen molar-refractivity contribution in [2.24, 2.45) is 0 Å². The standard InChI is InChI=1S/C15H21Cl2NO/c1-18-10-15(8-4-3-5-14(15)19-2)11-6-7-12(16)13(17)9-11/h6-7,9,14,18H,3-5,8,10H2,1-2H3. The molecule has 0 bridgehead atoms. The van der Waals surface area contributed by atoms with Crippen molar-refractivity contribution in [2.45, 2.75) is 37.2 Å². The molecular weight excluding hydrogens is 281 g/mol. The summed E-state index contributed by atoms with van der Waals surface area (Å²) in [6.45, 7) is 0.892. The zero-order chi connectivity index (χ0) is 13.9. The second-order valence-corrected chi connectivity index (χ2v) is 6.10. The molecular formula is C15H21Cl2NO. The molecule has 1 aromatic rings. The molecule has 2 atom stereocenters. The van der Waals surface area contributed by atoms with Gasteiger partial charge in [0.15, 0.2) is 0 Å². The van der Waals surface area contributed by atoms with E-state index in [2.05, 4.69) is 11.4 Å². The molecule has 0 aromatic heterocycles. The smallest absolute Gasteiger partial charge is 0.0680 e. The highest BCUT2D eigenvalue weighted by Crippen LogP contribution is 2.42. The lowest BCUT2D eigenvalue weighted by atomic mass is 9.67. The van der Waals surface area contributed by atoms with Gasteiger partial charge in [-0.25, -0.2) is 0 Å². The van der Waals surface area contributed by atoms with Crippen LogP contribution in [0, 0.1) is 0 Å². The average molecular weight is 302 g/mol. The van der Waals surface area contributed by atoms with Crippen LogP contribution in [0.25, 0.3) is 0 Å². The summed E-state index contributed by atoms with van der Waals surface area (Å²) in [5, 5.41) is 4.55. The summed E-state index contributed by atoms with van der Waals surface area (Å²) in [4.78, 5) is 0. The second-order valence-electron chi connectivity index (χ2n) is 5.29. The van der Waals surface area contributed by atoms with E-state index in [-0.39, 0.29) is 11.5 Å². The summed E-state index contributed by atoms with van der Waals surface area (Å²) in [5.41, 5.74) is 1.22. The number of halogens is 2.